The van der Waals surface area contributed by atoms with Gasteiger partial charge in [-0.15, -0.1) is 10.2 Å². The Hall–Kier alpha value is -1.02. The predicted octanol–water partition coefficient (Wildman–Crippen LogP) is 0.209. The van der Waals surface area contributed by atoms with Gasteiger partial charge < -0.3 is 19.3 Å². The van der Waals surface area contributed by atoms with Gasteiger partial charge in [0.25, 0.3) is 0 Å². The third kappa shape index (κ3) is 4.29. The van der Waals surface area contributed by atoms with Crippen LogP contribution in [0, 0.1) is 0 Å². The van der Waals surface area contributed by atoms with Crippen LogP contribution in [0.3, 0.4) is 0 Å². The summed E-state index contributed by atoms with van der Waals surface area (Å²) in [5.41, 5.74) is 0. The van der Waals surface area contributed by atoms with E-state index in [1.165, 1.54) is 0 Å². The minimum absolute atomic E-state index is 0.286. The normalized spacial score (nSPS) is 21.8. The van der Waals surface area contributed by atoms with Gasteiger partial charge in [-0.05, 0) is 32.4 Å². The first-order valence-corrected chi connectivity index (χ1v) is 8.79. The maximum absolute atomic E-state index is 8.94. The molecule has 3 heterocycles. The molecule has 130 valence electrons. The highest BCUT2D eigenvalue weighted by Crippen LogP contribution is 2.27. The molecule has 2 saturated heterocycles. The third-order valence-corrected chi connectivity index (χ3v) is 5.05. The molecule has 0 spiro atoms. The van der Waals surface area contributed by atoms with Gasteiger partial charge in [0.2, 0.25) is 0 Å². The number of nitrogens with zero attached hydrogens (tertiary/aromatic N) is 5. The van der Waals surface area contributed by atoms with Crippen LogP contribution < -0.4 is 0 Å². The number of piperidine rings is 1. The van der Waals surface area contributed by atoms with Crippen LogP contribution in [-0.2, 0) is 18.3 Å². The molecular weight excluding hydrogens is 294 g/mol. The minimum Gasteiger partial charge on any atom is -0.396 e. The summed E-state index contributed by atoms with van der Waals surface area (Å²) >= 11 is 0. The summed E-state index contributed by atoms with van der Waals surface area (Å²) in [5, 5.41) is 17.9. The molecule has 1 aromatic heterocycles. The molecule has 2 fully saturated rings. The Morgan fingerprint density at radius 3 is 2.52 bits per heavy atom. The van der Waals surface area contributed by atoms with Crippen molar-refractivity contribution in [3.8, 4) is 0 Å². The zero-order chi connectivity index (χ0) is 16.1. The fourth-order valence-electron chi connectivity index (χ4n) is 3.54. The van der Waals surface area contributed by atoms with E-state index < -0.39 is 0 Å². The molecule has 2 aliphatic heterocycles. The van der Waals surface area contributed by atoms with Crippen LogP contribution in [0.4, 0.5) is 0 Å². The van der Waals surface area contributed by atoms with Gasteiger partial charge >= 0.3 is 0 Å². The molecule has 1 aromatic rings. The summed E-state index contributed by atoms with van der Waals surface area (Å²) in [6.45, 7) is 7.93. The number of aromatic nitrogens is 3. The maximum Gasteiger partial charge on any atom is 0.146 e. The Balaban J connectivity index is 1.54. The fraction of sp³-hybridized carbons (Fsp3) is 0.875. The number of ether oxygens (including phenoxy) is 1. The highest BCUT2D eigenvalue weighted by Gasteiger charge is 2.25. The van der Waals surface area contributed by atoms with Crippen molar-refractivity contribution in [2.75, 3.05) is 52.5 Å². The molecule has 0 aromatic carbocycles. The predicted molar refractivity (Wildman–Crippen MR) is 87.2 cm³/mol. The Kier molecular flexibility index (Phi) is 5.99. The second-order valence-electron chi connectivity index (χ2n) is 6.62. The van der Waals surface area contributed by atoms with Crippen LogP contribution >= 0.6 is 0 Å². The summed E-state index contributed by atoms with van der Waals surface area (Å²) in [7, 11) is 2.10. The summed E-state index contributed by atoms with van der Waals surface area (Å²) in [6.07, 6.45) is 3.14. The van der Waals surface area contributed by atoms with Crippen LogP contribution in [0.1, 0.15) is 36.8 Å². The number of morpholine rings is 1. The van der Waals surface area contributed by atoms with E-state index in [2.05, 4.69) is 31.6 Å². The van der Waals surface area contributed by atoms with Crippen molar-refractivity contribution in [1.29, 1.82) is 0 Å². The van der Waals surface area contributed by atoms with Crippen molar-refractivity contribution in [1.82, 2.24) is 24.6 Å². The van der Waals surface area contributed by atoms with E-state index in [0.717, 1.165) is 83.4 Å². The average molecular weight is 323 g/mol. The van der Waals surface area contributed by atoms with Crippen LogP contribution in [0.15, 0.2) is 0 Å². The molecule has 7 nitrogen and oxygen atoms in total. The lowest BCUT2D eigenvalue weighted by atomic mass is 9.96. The van der Waals surface area contributed by atoms with E-state index in [9.17, 15) is 0 Å². The van der Waals surface area contributed by atoms with E-state index in [1.54, 1.807) is 0 Å². The summed E-state index contributed by atoms with van der Waals surface area (Å²) < 4.78 is 7.60. The molecule has 7 heteroatoms. The van der Waals surface area contributed by atoms with Crippen molar-refractivity contribution in [2.24, 2.45) is 7.05 Å². The summed E-state index contributed by atoms with van der Waals surface area (Å²) in [5.74, 6) is 2.70. The quantitative estimate of drug-likeness (QED) is 0.807. The molecule has 1 N–H and O–H groups in total. The van der Waals surface area contributed by atoms with Gasteiger partial charge in [-0.25, -0.2) is 0 Å². The smallest absolute Gasteiger partial charge is 0.146 e. The Labute approximate surface area is 138 Å². The van der Waals surface area contributed by atoms with Crippen LogP contribution in [0.5, 0.6) is 0 Å². The molecule has 0 bridgehead atoms. The number of aliphatic hydroxyl groups excluding tert-OH is 1. The van der Waals surface area contributed by atoms with Crippen molar-refractivity contribution in [2.45, 2.75) is 31.7 Å². The maximum atomic E-state index is 8.94. The lowest BCUT2D eigenvalue weighted by Crippen LogP contribution is -2.36. The molecule has 3 rings (SSSR count). The molecule has 0 amide bonds. The first kappa shape index (κ1) is 16.8. The standard InChI is InChI=1S/C16H29N5O2/c1-19-15(13-21-8-11-23-12-9-21)17-18-16(19)14-3-6-20(7-4-14)5-2-10-22/h14,22H,2-13H2,1H3. The van der Waals surface area contributed by atoms with E-state index in [1.807, 2.05) is 0 Å². The fourth-order valence-corrected chi connectivity index (χ4v) is 3.54. The van der Waals surface area contributed by atoms with Gasteiger partial charge in [0.05, 0.1) is 19.8 Å². The highest BCUT2D eigenvalue weighted by molar-refractivity contribution is 5.03. The van der Waals surface area contributed by atoms with Gasteiger partial charge in [0.15, 0.2) is 0 Å². The minimum atomic E-state index is 0.286. The molecule has 0 unspecified atom stereocenters. The summed E-state index contributed by atoms with van der Waals surface area (Å²) in [4.78, 5) is 4.83. The lowest BCUT2D eigenvalue weighted by Gasteiger charge is -2.31. The first-order chi connectivity index (χ1) is 11.3. The van der Waals surface area contributed by atoms with Crippen molar-refractivity contribution >= 4 is 0 Å². The Bertz CT molecular complexity index is 479. The van der Waals surface area contributed by atoms with Crippen molar-refractivity contribution in [3.05, 3.63) is 11.6 Å². The monoisotopic (exact) mass is 323 g/mol. The number of aliphatic hydroxyl groups is 1. The van der Waals surface area contributed by atoms with Gasteiger partial charge in [0, 0.05) is 39.2 Å². The zero-order valence-electron chi connectivity index (χ0n) is 14.2. The SMILES string of the molecule is Cn1c(CN2CCOCC2)nnc1C1CCN(CCCO)CC1. The van der Waals surface area contributed by atoms with E-state index in [4.69, 9.17) is 9.84 Å². The lowest BCUT2D eigenvalue weighted by molar-refractivity contribution is 0.0326. The third-order valence-electron chi connectivity index (χ3n) is 5.05. The van der Waals surface area contributed by atoms with Crippen molar-refractivity contribution in [3.63, 3.8) is 0 Å². The zero-order valence-corrected chi connectivity index (χ0v) is 14.2. The van der Waals surface area contributed by atoms with Crippen LogP contribution in [0.25, 0.3) is 0 Å². The molecule has 23 heavy (non-hydrogen) atoms. The van der Waals surface area contributed by atoms with E-state index in [0.29, 0.717) is 5.92 Å². The number of likely N-dealkylation sites (tertiary alicyclic amines) is 1. The summed E-state index contributed by atoms with van der Waals surface area (Å²) in [6, 6.07) is 0. The number of hydrogen-bond acceptors (Lipinski definition) is 6. The Morgan fingerprint density at radius 1 is 1.09 bits per heavy atom. The van der Waals surface area contributed by atoms with Gasteiger partial charge in [-0.1, -0.05) is 0 Å². The second kappa shape index (κ2) is 8.19. The number of rotatable bonds is 6. The second-order valence-corrected chi connectivity index (χ2v) is 6.62. The topological polar surface area (TPSA) is 66.7 Å². The molecule has 0 radical (unpaired) electrons. The van der Waals surface area contributed by atoms with E-state index >= 15 is 0 Å². The van der Waals surface area contributed by atoms with Crippen molar-refractivity contribution < 1.29 is 9.84 Å². The van der Waals surface area contributed by atoms with Gasteiger partial charge in [0.1, 0.15) is 11.6 Å². The van der Waals surface area contributed by atoms with Crippen LogP contribution in [-0.4, -0.2) is 82.2 Å². The highest BCUT2D eigenvalue weighted by atomic mass is 16.5. The molecule has 0 atom stereocenters. The van der Waals surface area contributed by atoms with Gasteiger partial charge in [-0.3, -0.25) is 4.90 Å². The van der Waals surface area contributed by atoms with E-state index in [-0.39, 0.29) is 6.61 Å². The molecule has 0 aliphatic carbocycles. The average Bonchev–Trinajstić information content (AvgIpc) is 2.95. The van der Waals surface area contributed by atoms with Crippen LogP contribution in [0.2, 0.25) is 0 Å². The number of hydrogen-bond donors (Lipinski definition) is 1. The van der Waals surface area contributed by atoms with Gasteiger partial charge in [-0.2, -0.15) is 0 Å². The molecule has 0 saturated carbocycles. The molecule has 2 aliphatic rings. The first-order valence-electron chi connectivity index (χ1n) is 8.79. The molecular formula is C16H29N5O2. The Morgan fingerprint density at radius 2 is 1.83 bits per heavy atom. The largest absolute Gasteiger partial charge is 0.396 e.